The summed E-state index contributed by atoms with van der Waals surface area (Å²) in [7, 11) is 3.98. The zero-order chi connectivity index (χ0) is 17.9. The standard InChI is InChI=1S/C21H25N3O2/c1-24(12-11-15-9-10-21-19(13-15)22-23-26-21)14-16-5-3-7-18-17(16)6-4-8-20(18)25-2/h4,6,8-10,13,16H,3,5,7,11-12,14H2,1-2H3. The van der Waals surface area contributed by atoms with Gasteiger partial charge < -0.3 is 14.2 Å². The lowest BCUT2D eigenvalue weighted by molar-refractivity contribution is 0.299. The molecule has 0 spiro atoms. The third kappa shape index (κ3) is 3.44. The number of nitrogens with zero attached hydrogens (tertiary/aromatic N) is 3. The molecule has 1 aromatic heterocycles. The van der Waals surface area contributed by atoms with E-state index in [1.807, 2.05) is 6.07 Å². The second-order valence-electron chi connectivity index (χ2n) is 7.20. The van der Waals surface area contributed by atoms with E-state index in [-0.39, 0.29) is 0 Å². The molecule has 0 N–H and O–H groups in total. The lowest BCUT2D eigenvalue weighted by atomic mass is 9.82. The average Bonchev–Trinajstić information content (AvgIpc) is 3.14. The molecule has 5 nitrogen and oxygen atoms in total. The minimum atomic E-state index is 0.584. The van der Waals surface area contributed by atoms with Gasteiger partial charge in [0.1, 0.15) is 11.3 Å². The van der Waals surface area contributed by atoms with E-state index < -0.39 is 0 Å². The van der Waals surface area contributed by atoms with Crippen molar-refractivity contribution in [2.75, 3.05) is 27.2 Å². The maximum absolute atomic E-state index is 5.57. The molecule has 1 heterocycles. The first-order valence-electron chi connectivity index (χ1n) is 9.30. The molecule has 0 saturated heterocycles. The molecule has 0 bridgehead atoms. The van der Waals surface area contributed by atoms with Crippen molar-refractivity contribution in [3.63, 3.8) is 0 Å². The summed E-state index contributed by atoms with van der Waals surface area (Å²) in [5.74, 6) is 1.63. The van der Waals surface area contributed by atoms with Crippen LogP contribution in [-0.4, -0.2) is 42.5 Å². The fraction of sp³-hybridized carbons (Fsp3) is 0.429. The average molecular weight is 351 g/mol. The van der Waals surface area contributed by atoms with Gasteiger partial charge in [-0.2, -0.15) is 0 Å². The zero-order valence-corrected chi connectivity index (χ0v) is 15.4. The van der Waals surface area contributed by atoms with Crippen molar-refractivity contribution in [1.29, 1.82) is 0 Å². The lowest BCUT2D eigenvalue weighted by Gasteiger charge is -2.30. The van der Waals surface area contributed by atoms with Crippen LogP contribution in [0.3, 0.4) is 0 Å². The Morgan fingerprint density at radius 1 is 1.27 bits per heavy atom. The first-order valence-corrected chi connectivity index (χ1v) is 9.30. The van der Waals surface area contributed by atoms with Crippen molar-refractivity contribution in [3.05, 3.63) is 53.1 Å². The molecule has 0 amide bonds. The van der Waals surface area contributed by atoms with Crippen LogP contribution in [-0.2, 0) is 12.8 Å². The van der Waals surface area contributed by atoms with Crippen LogP contribution in [0.5, 0.6) is 5.75 Å². The Balaban J connectivity index is 1.40. The van der Waals surface area contributed by atoms with E-state index in [0.29, 0.717) is 5.92 Å². The number of aromatic nitrogens is 2. The number of methoxy groups -OCH3 is 1. The monoisotopic (exact) mass is 351 g/mol. The zero-order valence-electron chi connectivity index (χ0n) is 15.4. The Kier molecular flexibility index (Phi) is 4.89. The number of hydrogen-bond donors (Lipinski definition) is 0. The van der Waals surface area contributed by atoms with Crippen molar-refractivity contribution in [3.8, 4) is 5.75 Å². The topological polar surface area (TPSA) is 51.4 Å². The molecule has 26 heavy (non-hydrogen) atoms. The van der Waals surface area contributed by atoms with Gasteiger partial charge in [0.25, 0.3) is 0 Å². The lowest BCUT2D eigenvalue weighted by Crippen LogP contribution is -2.28. The van der Waals surface area contributed by atoms with Crippen molar-refractivity contribution in [1.82, 2.24) is 15.3 Å². The minimum Gasteiger partial charge on any atom is -0.496 e. The first kappa shape index (κ1) is 17.0. The van der Waals surface area contributed by atoms with Crippen LogP contribution in [0, 0.1) is 0 Å². The Bertz CT molecular complexity index is 890. The minimum absolute atomic E-state index is 0.584. The number of fused-ring (bicyclic) bond motifs is 2. The molecule has 1 atom stereocenters. The Morgan fingerprint density at radius 2 is 2.19 bits per heavy atom. The number of benzene rings is 2. The van der Waals surface area contributed by atoms with Crippen LogP contribution in [0.2, 0.25) is 0 Å². The SMILES string of the molecule is COc1cccc2c1CCCC2CN(C)CCc1ccc2onnc2c1. The number of likely N-dealkylation sites (N-methyl/N-ethyl adjacent to an activating group) is 1. The van der Waals surface area contributed by atoms with Crippen molar-refractivity contribution >= 4 is 11.1 Å². The van der Waals surface area contributed by atoms with E-state index in [9.17, 15) is 0 Å². The molecule has 5 heteroatoms. The third-order valence-corrected chi connectivity index (χ3v) is 5.43. The molecule has 0 radical (unpaired) electrons. The highest BCUT2D eigenvalue weighted by Crippen LogP contribution is 2.36. The second kappa shape index (κ2) is 7.46. The Labute approximate surface area is 153 Å². The van der Waals surface area contributed by atoms with Gasteiger partial charge in [-0.15, -0.1) is 5.10 Å². The van der Waals surface area contributed by atoms with Gasteiger partial charge in [0, 0.05) is 18.4 Å². The third-order valence-electron chi connectivity index (χ3n) is 5.43. The number of hydrogen-bond acceptors (Lipinski definition) is 5. The van der Waals surface area contributed by atoms with E-state index in [1.54, 1.807) is 7.11 Å². The van der Waals surface area contributed by atoms with E-state index >= 15 is 0 Å². The molecule has 1 aliphatic rings. The molecular weight excluding hydrogens is 326 g/mol. The predicted octanol–water partition coefficient (Wildman–Crippen LogP) is 3.83. The summed E-state index contributed by atoms with van der Waals surface area (Å²) in [4.78, 5) is 2.44. The number of rotatable bonds is 6. The van der Waals surface area contributed by atoms with E-state index in [2.05, 4.69) is 52.6 Å². The van der Waals surface area contributed by atoms with E-state index in [0.717, 1.165) is 42.8 Å². The van der Waals surface area contributed by atoms with Gasteiger partial charge in [-0.25, -0.2) is 0 Å². The molecule has 1 unspecified atom stereocenters. The highest BCUT2D eigenvalue weighted by molar-refractivity contribution is 5.71. The maximum atomic E-state index is 5.57. The van der Waals surface area contributed by atoms with Crippen LogP contribution in [0.4, 0.5) is 0 Å². The van der Waals surface area contributed by atoms with Gasteiger partial charge in [0.05, 0.1) is 7.11 Å². The van der Waals surface area contributed by atoms with Gasteiger partial charge in [0.15, 0.2) is 5.58 Å². The summed E-state index contributed by atoms with van der Waals surface area (Å²) in [5.41, 5.74) is 5.72. The summed E-state index contributed by atoms with van der Waals surface area (Å²) in [6.45, 7) is 2.10. The predicted molar refractivity (Wildman–Crippen MR) is 102 cm³/mol. The van der Waals surface area contributed by atoms with Crippen LogP contribution < -0.4 is 4.74 Å². The summed E-state index contributed by atoms with van der Waals surface area (Å²) in [6.07, 6.45) is 4.62. The molecule has 3 aromatic rings. The van der Waals surface area contributed by atoms with Crippen LogP contribution >= 0.6 is 0 Å². The second-order valence-corrected chi connectivity index (χ2v) is 7.20. The summed E-state index contributed by atoms with van der Waals surface area (Å²) < 4.78 is 10.6. The van der Waals surface area contributed by atoms with Gasteiger partial charge in [-0.3, -0.25) is 0 Å². The first-order chi connectivity index (χ1) is 12.7. The highest BCUT2D eigenvalue weighted by atomic mass is 16.5. The maximum Gasteiger partial charge on any atom is 0.187 e. The van der Waals surface area contributed by atoms with Crippen LogP contribution in [0.1, 0.15) is 35.4 Å². The Morgan fingerprint density at radius 3 is 3.08 bits per heavy atom. The highest BCUT2D eigenvalue weighted by Gasteiger charge is 2.23. The van der Waals surface area contributed by atoms with Gasteiger partial charge in [-0.1, -0.05) is 18.2 Å². The smallest absolute Gasteiger partial charge is 0.187 e. The quantitative estimate of drug-likeness (QED) is 0.676. The fourth-order valence-electron chi connectivity index (χ4n) is 4.06. The van der Waals surface area contributed by atoms with E-state index in [4.69, 9.17) is 9.26 Å². The molecular formula is C21H25N3O2. The summed E-state index contributed by atoms with van der Waals surface area (Å²) >= 11 is 0. The number of ether oxygens (including phenoxy) is 1. The van der Waals surface area contributed by atoms with E-state index in [1.165, 1.54) is 29.5 Å². The molecule has 2 aromatic carbocycles. The molecule has 4 rings (SSSR count). The molecule has 0 aliphatic heterocycles. The summed E-state index contributed by atoms with van der Waals surface area (Å²) in [5, 5.41) is 7.60. The fourth-order valence-corrected chi connectivity index (χ4v) is 4.06. The van der Waals surface area contributed by atoms with Gasteiger partial charge in [0.2, 0.25) is 0 Å². The molecule has 0 saturated carbocycles. The normalized spacial score (nSPS) is 16.8. The van der Waals surface area contributed by atoms with Crippen molar-refractivity contribution in [2.45, 2.75) is 31.6 Å². The van der Waals surface area contributed by atoms with Gasteiger partial charge in [-0.05, 0) is 73.5 Å². The Hall–Kier alpha value is -2.40. The van der Waals surface area contributed by atoms with Gasteiger partial charge >= 0.3 is 0 Å². The van der Waals surface area contributed by atoms with Crippen molar-refractivity contribution < 1.29 is 9.26 Å². The largest absolute Gasteiger partial charge is 0.496 e. The molecule has 0 fully saturated rings. The van der Waals surface area contributed by atoms with Crippen LogP contribution in [0.15, 0.2) is 40.9 Å². The molecule has 136 valence electrons. The van der Waals surface area contributed by atoms with Crippen LogP contribution in [0.25, 0.3) is 11.1 Å². The molecule has 1 aliphatic carbocycles. The summed E-state index contributed by atoms with van der Waals surface area (Å²) in [6, 6.07) is 12.6. The van der Waals surface area contributed by atoms with Crippen molar-refractivity contribution in [2.24, 2.45) is 0 Å².